The second-order valence-corrected chi connectivity index (χ2v) is 9.54. The molecule has 2 aliphatic heterocycles. The first-order chi connectivity index (χ1) is 17.6. The number of fused-ring (bicyclic) bond motifs is 1. The summed E-state index contributed by atoms with van der Waals surface area (Å²) in [6.45, 7) is 3.87. The van der Waals surface area contributed by atoms with Crippen molar-refractivity contribution in [3.05, 3.63) is 12.2 Å². The molecule has 1 unspecified atom stereocenters. The van der Waals surface area contributed by atoms with Gasteiger partial charge in [0, 0.05) is 6.54 Å². The molecule has 12 heteroatoms. The largest absolute Gasteiger partial charge is 0.468 e. The molecule has 1 fully saturated rings. The lowest BCUT2D eigenvalue weighted by molar-refractivity contribution is -0.144. The van der Waals surface area contributed by atoms with Gasteiger partial charge in [0.25, 0.3) is 5.91 Å². The fourth-order valence-corrected chi connectivity index (χ4v) is 4.13. The Balaban J connectivity index is 2.17. The number of hydrogen-bond donors (Lipinski definition) is 3. The zero-order valence-electron chi connectivity index (χ0n) is 21.7. The molecule has 0 bridgehead atoms. The van der Waals surface area contributed by atoms with Gasteiger partial charge in [-0.05, 0) is 50.9 Å². The summed E-state index contributed by atoms with van der Waals surface area (Å²) >= 11 is 0. The Kier molecular flexibility index (Phi) is 12.0. The number of amides is 4. The molecule has 3 atom stereocenters. The summed E-state index contributed by atoms with van der Waals surface area (Å²) in [7, 11) is 1.16. The molecule has 0 aromatic heterocycles. The summed E-state index contributed by atoms with van der Waals surface area (Å²) in [5.41, 5.74) is 0. The van der Waals surface area contributed by atoms with Gasteiger partial charge in [0.1, 0.15) is 18.6 Å². The highest BCUT2D eigenvalue weighted by atomic mass is 16.5. The highest BCUT2D eigenvalue weighted by molar-refractivity contribution is 6.38. The molecule has 0 aromatic carbocycles. The van der Waals surface area contributed by atoms with Crippen LogP contribution in [0, 0.1) is 5.92 Å². The Morgan fingerprint density at radius 1 is 1.08 bits per heavy atom. The minimum Gasteiger partial charge on any atom is -0.468 e. The van der Waals surface area contributed by atoms with E-state index in [2.05, 4.69) is 20.7 Å². The topological polar surface area (TPSA) is 160 Å². The minimum absolute atomic E-state index is 0.137. The average Bonchev–Trinajstić information content (AvgIpc) is 3.37. The lowest BCUT2D eigenvalue weighted by Crippen LogP contribution is -2.56. The molecule has 2 heterocycles. The number of carbonyl (C=O) groups excluding carboxylic acids is 6. The second-order valence-electron chi connectivity index (χ2n) is 9.54. The number of carbonyl (C=O) groups is 6. The van der Waals surface area contributed by atoms with Crippen LogP contribution in [-0.2, 0) is 33.4 Å². The van der Waals surface area contributed by atoms with Crippen molar-refractivity contribution in [1.29, 1.82) is 0 Å². The van der Waals surface area contributed by atoms with Gasteiger partial charge in [-0.3, -0.25) is 24.0 Å². The van der Waals surface area contributed by atoms with Gasteiger partial charge in [0.05, 0.1) is 19.8 Å². The Bertz CT molecular complexity index is 888. The Morgan fingerprint density at radius 3 is 2.51 bits per heavy atom. The fourth-order valence-electron chi connectivity index (χ4n) is 4.13. The van der Waals surface area contributed by atoms with E-state index in [0.29, 0.717) is 45.1 Å². The van der Waals surface area contributed by atoms with E-state index in [0.717, 1.165) is 7.11 Å². The molecule has 37 heavy (non-hydrogen) atoms. The molecule has 1 saturated heterocycles. The highest BCUT2D eigenvalue weighted by Gasteiger charge is 2.39. The second kappa shape index (κ2) is 15.0. The number of nitrogens with zero attached hydrogens (tertiary/aromatic N) is 1. The molecule has 206 valence electrons. The molecule has 2 aliphatic rings. The van der Waals surface area contributed by atoms with Crippen LogP contribution in [0.4, 0.5) is 4.79 Å². The number of ether oxygens (including phenoxy) is 2. The Morgan fingerprint density at radius 2 is 1.81 bits per heavy atom. The summed E-state index contributed by atoms with van der Waals surface area (Å²) in [5, 5.41) is 7.48. The van der Waals surface area contributed by atoms with Crippen LogP contribution >= 0.6 is 0 Å². The van der Waals surface area contributed by atoms with Crippen molar-refractivity contribution in [3.8, 4) is 0 Å². The summed E-state index contributed by atoms with van der Waals surface area (Å²) in [6, 6.07) is -2.82. The first-order valence-electron chi connectivity index (χ1n) is 12.7. The molecule has 0 spiro atoms. The third kappa shape index (κ3) is 9.51. The van der Waals surface area contributed by atoms with Crippen LogP contribution < -0.4 is 16.0 Å². The average molecular weight is 523 g/mol. The predicted octanol–water partition coefficient (Wildman–Crippen LogP) is 0.592. The summed E-state index contributed by atoms with van der Waals surface area (Å²) < 4.78 is 9.64. The predicted molar refractivity (Wildman–Crippen MR) is 132 cm³/mol. The first kappa shape index (κ1) is 29.8. The van der Waals surface area contributed by atoms with Gasteiger partial charge in [-0.15, -0.1) is 0 Å². The van der Waals surface area contributed by atoms with Crippen molar-refractivity contribution >= 4 is 35.6 Å². The van der Waals surface area contributed by atoms with E-state index in [-0.39, 0.29) is 18.9 Å². The Labute approximate surface area is 216 Å². The standard InChI is InChI=1S/C25H38N4O8/c1-16(2)15-37-25(35)28-18-11-8-6-4-5-7-10-17(21(31)23(33)26-14-20(30)36-3)27-22(32)19-12-9-13-29(19)24(18)34/h4,6,16-19H,5,7-15H2,1-3H3,(H,26,33)(H,27,32)(H,28,35)/b6-4+/t17?,18-,19+/m1/s1. The molecular weight excluding hydrogens is 484 g/mol. The van der Waals surface area contributed by atoms with Crippen molar-refractivity contribution < 1.29 is 38.2 Å². The number of nitrogens with one attached hydrogen (secondary N) is 3. The van der Waals surface area contributed by atoms with Crippen LogP contribution in [0.3, 0.4) is 0 Å². The summed E-state index contributed by atoms with van der Waals surface area (Å²) in [4.78, 5) is 76.7. The molecule has 12 nitrogen and oxygen atoms in total. The number of hydrogen-bond acceptors (Lipinski definition) is 8. The van der Waals surface area contributed by atoms with Crippen molar-refractivity contribution in [2.24, 2.45) is 5.92 Å². The van der Waals surface area contributed by atoms with E-state index in [1.807, 2.05) is 26.0 Å². The van der Waals surface area contributed by atoms with E-state index >= 15 is 0 Å². The van der Waals surface area contributed by atoms with Crippen LogP contribution in [0.15, 0.2) is 12.2 Å². The smallest absolute Gasteiger partial charge is 0.407 e. The van der Waals surface area contributed by atoms with Crippen molar-refractivity contribution in [2.75, 3.05) is 26.8 Å². The zero-order valence-corrected chi connectivity index (χ0v) is 21.7. The third-order valence-corrected chi connectivity index (χ3v) is 6.11. The number of rotatable bonds is 7. The first-order valence-corrected chi connectivity index (χ1v) is 12.7. The van der Waals surface area contributed by atoms with E-state index in [9.17, 15) is 28.8 Å². The quantitative estimate of drug-likeness (QED) is 0.249. The maximum atomic E-state index is 13.4. The van der Waals surface area contributed by atoms with Gasteiger partial charge < -0.3 is 30.3 Å². The summed E-state index contributed by atoms with van der Waals surface area (Å²) in [6.07, 6.45) is 6.24. The molecule has 3 N–H and O–H groups in total. The molecule has 0 aromatic rings. The van der Waals surface area contributed by atoms with Crippen molar-refractivity contribution in [3.63, 3.8) is 0 Å². The number of ketones is 1. The zero-order chi connectivity index (χ0) is 27.4. The molecule has 0 aliphatic carbocycles. The minimum atomic E-state index is -1.11. The third-order valence-electron chi connectivity index (χ3n) is 6.11. The van der Waals surface area contributed by atoms with Crippen LogP contribution in [0.2, 0.25) is 0 Å². The van der Waals surface area contributed by atoms with Gasteiger partial charge in [-0.1, -0.05) is 26.0 Å². The van der Waals surface area contributed by atoms with E-state index in [1.165, 1.54) is 4.90 Å². The van der Waals surface area contributed by atoms with Gasteiger partial charge in [-0.25, -0.2) is 4.79 Å². The molecule has 4 amide bonds. The molecular formula is C25H38N4O8. The van der Waals surface area contributed by atoms with Crippen LogP contribution in [0.25, 0.3) is 0 Å². The maximum Gasteiger partial charge on any atom is 0.407 e. The van der Waals surface area contributed by atoms with Crippen LogP contribution in [0.1, 0.15) is 58.8 Å². The number of alkyl carbamates (subject to hydrolysis) is 1. The monoisotopic (exact) mass is 522 g/mol. The lowest BCUT2D eigenvalue weighted by atomic mass is 10.0. The highest BCUT2D eigenvalue weighted by Crippen LogP contribution is 2.21. The van der Waals surface area contributed by atoms with Crippen LogP contribution in [0.5, 0.6) is 0 Å². The normalized spacial score (nSPS) is 23.8. The SMILES string of the molecule is COC(=O)CNC(=O)C(=O)C1CCC/C=C/CC[C@@H](NC(=O)OCC(C)C)C(=O)N2CCC[C@H]2C(=O)N1. The Hall–Kier alpha value is -3.44. The van der Waals surface area contributed by atoms with Gasteiger partial charge in [-0.2, -0.15) is 0 Å². The van der Waals surface area contributed by atoms with Gasteiger partial charge in [0.15, 0.2) is 0 Å². The van der Waals surface area contributed by atoms with Gasteiger partial charge >= 0.3 is 12.1 Å². The lowest BCUT2D eigenvalue weighted by Gasteiger charge is -2.29. The number of allylic oxidation sites excluding steroid dienone is 2. The molecule has 0 saturated carbocycles. The van der Waals surface area contributed by atoms with Crippen molar-refractivity contribution in [2.45, 2.75) is 76.9 Å². The fraction of sp³-hybridized carbons (Fsp3) is 0.680. The van der Waals surface area contributed by atoms with E-state index in [1.54, 1.807) is 0 Å². The van der Waals surface area contributed by atoms with Crippen LogP contribution in [-0.4, -0.2) is 85.4 Å². The molecule has 2 rings (SSSR count). The number of methoxy groups -OCH3 is 1. The van der Waals surface area contributed by atoms with E-state index < -0.39 is 60.2 Å². The number of esters is 1. The summed E-state index contributed by atoms with van der Waals surface area (Å²) in [5.74, 6) is -3.40. The molecule has 0 radical (unpaired) electrons. The van der Waals surface area contributed by atoms with Gasteiger partial charge in [0.2, 0.25) is 17.6 Å². The van der Waals surface area contributed by atoms with E-state index in [4.69, 9.17) is 4.74 Å². The van der Waals surface area contributed by atoms with Crippen molar-refractivity contribution in [1.82, 2.24) is 20.9 Å². The number of Topliss-reactive ketones (excluding diaryl/α,β-unsaturated/α-hetero) is 1. The maximum absolute atomic E-state index is 13.4.